The molecule has 2 amide bonds. The third kappa shape index (κ3) is 9.07. The van der Waals surface area contributed by atoms with Gasteiger partial charge in [-0.3, -0.25) is 13.9 Å². The van der Waals surface area contributed by atoms with Gasteiger partial charge in [0.2, 0.25) is 21.8 Å². The molecule has 220 valence electrons. The lowest BCUT2D eigenvalue weighted by atomic mass is 10.0. The molecule has 0 heterocycles. The second-order valence-corrected chi connectivity index (χ2v) is 11.7. The number of sulfonamides is 1. The van der Waals surface area contributed by atoms with Crippen LogP contribution >= 0.6 is 0 Å². The number of aryl methyl sites for hydroxylation is 1. The van der Waals surface area contributed by atoms with Gasteiger partial charge in [-0.05, 0) is 42.7 Å². The Bertz CT molecular complexity index is 1450. The SMILES string of the molecule is CCCNC(=O)[C@H](Cc1ccccc1)N(Cc1cccc(C)c1)C(=O)CN(c1cccc(C(F)(F)F)c1)S(C)(=O)=O. The van der Waals surface area contributed by atoms with Crippen molar-refractivity contribution in [2.24, 2.45) is 0 Å². The van der Waals surface area contributed by atoms with Gasteiger partial charge in [0.25, 0.3) is 0 Å². The molecule has 0 spiro atoms. The second kappa shape index (κ2) is 13.7. The number of carbonyl (C=O) groups excluding carboxylic acids is 2. The van der Waals surface area contributed by atoms with Crippen LogP contribution in [0.25, 0.3) is 0 Å². The number of amides is 2. The van der Waals surface area contributed by atoms with Gasteiger partial charge in [-0.1, -0.05) is 73.2 Å². The number of anilines is 1. The van der Waals surface area contributed by atoms with Crippen molar-refractivity contribution in [1.82, 2.24) is 10.2 Å². The molecule has 41 heavy (non-hydrogen) atoms. The van der Waals surface area contributed by atoms with E-state index in [1.54, 1.807) is 6.07 Å². The summed E-state index contributed by atoms with van der Waals surface area (Å²) >= 11 is 0. The molecule has 7 nitrogen and oxygen atoms in total. The summed E-state index contributed by atoms with van der Waals surface area (Å²) in [5.74, 6) is -1.15. The van der Waals surface area contributed by atoms with E-state index in [1.807, 2.05) is 62.4 Å². The van der Waals surface area contributed by atoms with E-state index in [0.29, 0.717) is 28.9 Å². The average molecular weight is 590 g/mol. The zero-order valence-electron chi connectivity index (χ0n) is 23.2. The number of hydrogen-bond acceptors (Lipinski definition) is 4. The van der Waals surface area contributed by atoms with Crippen molar-refractivity contribution < 1.29 is 31.2 Å². The molecule has 1 atom stereocenters. The number of hydrogen-bond donors (Lipinski definition) is 1. The van der Waals surface area contributed by atoms with E-state index in [-0.39, 0.29) is 18.7 Å². The van der Waals surface area contributed by atoms with Crippen LogP contribution in [0, 0.1) is 6.92 Å². The molecule has 0 fully saturated rings. The summed E-state index contributed by atoms with van der Waals surface area (Å²) in [6.07, 6.45) is -3.08. The van der Waals surface area contributed by atoms with Crippen molar-refractivity contribution in [2.45, 2.75) is 45.5 Å². The number of carbonyl (C=O) groups is 2. The van der Waals surface area contributed by atoms with Gasteiger partial charge >= 0.3 is 6.18 Å². The predicted octanol–water partition coefficient (Wildman–Crippen LogP) is 4.95. The molecule has 0 unspecified atom stereocenters. The van der Waals surface area contributed by atoms with Crippen LogP contribution in [0.4, 0.5) is 18.9 Å². The maximum atomic E-state index is 14.0. The molecule has 0 radical (unpaired) electrons. The van der Waals surface area contributed by atoms with Crippen LogP contribution < -0.4 is 9.62 Å². The van der Waals surface area contributed by atoms with Crippen LogP contribution in [0.15, 0.2) is 78.9 Å². The summed E-state index contributed by atoms with van der Waals surface area (Å²) in [7, 11) is -4.19. The van der Waals surface area contributed by atoms with E-state index in [9.17, 15) is 31.2 Å². The second-order valence-electron chi connectivity index (χ2n) is 9.82. The monoisotopic (exact) mass is 589 g/mol. The molecule has 0 saturated carbocycles. The molecule has 0 saturated heterocycles. The Balaban J connectivity index is 2.07. The van der Waals surface area contributed by atoms with Crippen LogP contribution in [0.1, 0.15) is 35.6 Å². The molecule has 0 aromatic heterocycles. The summed E-state index contributed by atoms with van der Waals surface area (Å²) in [5.41, 5.74) is 1.07. The number of halogens is 3. The first-order valence-corrected chi connectivity index (χ1v) is 15.0. The largest absolute Gasteiger partial charge is 0.416 e. The normalized spacial score (nSPS) is 12.4. The Morgan fingerprint density at radius 2 is 1.59 bits per heavy atom. The van der Waals surface area contributed by atoms with Gasteiger partial charge in [-0.15, -0.1) is 0 Å². The van der Waals surface area contributed by atoms with Gasteiger partial charge in [0, 0.05) is 19.5 Å². The predicted molar refractivity (Wildman–Crippen MR) is 153 cm³/mol. The van der Waals surface area contributed by atoms with Gasteiger partial charge in [-0.2, -0.15) is 13.2 Å². The number of nitrogens with zero attached hydrogens (tertiary/aromatic N) is 2. The number of rotatable bonds is 12. The minimum atomic E-state index is -4.71. The number of benzene rings is 3. The van der Waals surface area contributed by atoms with Gasteiger partial charge in [0.1, 0.15) is 12.6 Å². The lowest BCUT2D eigenvalue weighted by molar-refractivity contribution is -0.140. The molecule has 0 aliphatic rings. The topological polar surface area (TPSA) is 86.8 Å². The zero-order valence-corrected chi connectivity index (χ0v) is 24.0. The van der Waals surface area contributed by atoms with Gasteiger partial charge in [-0.25, -0.2) is 8.42 Å². The van der Waals surface area contributed by atoms with Crippen molar-refractivity contribution in [1.29, 1.82) is 0 Å². The van der Waals surface area contributed by atoms with E-state index < -0.39 is 46.2 Å². The molecule has 0 aliphatic carbocycles. The molecular weight excluding hydrogens is 555 g/mol. The number of alkyl halides is 3. The summed E-state index contributed by atoms with van der Waals surface area (Å²) < 4.78 is 66.4. The van der Waals surface area contributed by atoms with Gasteiger partial charge < -0.3 is 10.2 Å². The average Bonchev–Trinajstić information content (AvgIpc) is 2.91. The van der Waals surface area contributed by atoms with Crippen molar-refractivity contribution in [3.05, 3.63) is 101 Å². The molecule has 3 rings (SSSR count). The number of nitrogens with one attached hydrogen (secondary N) is 1. The highest BCUT2D eigenvalue weighted by molar-refractivity contribution is 7.92. The fourth-order valence-electron chi connectivity index (χ4n) is 4.38. The summed E-state index contributed by atoms with van der Waals surface area (Å²) in [6.45, 7) is 3.33. The maximum Gasteiger partial charge on any atom is 0.416 e. The van der Waals surface area contributed by atoms with Crippen molar-refractivity contribution >= 4 is 27.5 Å². The lowest BCUT2D eigenvalue weighted by Gasteiger charge is -2.33. The molecule has 11 heteroatoms. The summed E-state index contributed by atoms with van der Waals surface area (Å²) in [4.78, 5) is 28.7. The van der Waals surface area contributed by atoms with Crippen molar-refractivity contribution in [3.63, 3.8) is 0 Å². The maximum absolute atomic E-state index is 14.0. The van der Waals surface area contributed by atoms with E-state index in [0.717, 1.165) is 29.5 Å². The molecule has 3 aromatic carbocycles. The van der Waals surface area contributed by atoms with Crippen LogP contribution in [-0.2, 0) is 38.8 Å². The van der Waals surface area contributed by atoms with E-state index in [4.69, 9.17) is 0 Å². The van der Waals surface area contributed by atoms with Crippen molar-refractivity contribution in [3.8, 4) is 0 Å². The fraction of sp³-hybridized carbons (Fsp3) is 0.333. The molecule has 1 N–H and O–H groups in total. The highest BCUT2D eigenvalue weighted by atomic mass is 32.2. The fourth-order valence-corrected chi connectivity index (χ4v) is 5.22. The highest BCUT2D eigenvalue weighted by Gasteiger charge is 2.35. The Morgan fingerprint density at radius 3 is 2.20 bits per heavy atom. The van der Waals surface area contributed by atoms with E-state index in [1.165, 1.54) is 11.0 Å². The van der Waals surface area contributed by atoms with Crippen LogP contribution in [-0.4, -0.2) is 50.5 Å². The van der Waals surface area contributed by atoms with Gasteiger partial charge in [0.05, 0.1) is 17.5 Å². The minimum absolute atomic E-state index is 0.0161. The van der Waals surface area contributed by atoms with E-state index >= 15 is 0 Å². The standard InChI is InChI=1S/C30H34F3N3O4S/c1-4-16-34-29(38)27(18-23-11-6-5-7-12-23)35(20-24-13-8-10-22(2)17-24)28(37)21-36(41(3,39)40)26-15-9-14-25(19-26)30(31,32)33/h5-15,17,19,27H,4,16,18,20-21H2,1-3H3,(H,34,38)/t27-/m0/s1. The first-order chi connectivity index (χ1) is 19.3. The quantitative estimate of drug-likeness (QED) is 0.324. The zero-order chi connectivity index (χ0) is 30.2. The molecule has 0 bridgehead atoms. The van der Waals surface area contributed by atoms with E-state index in [2.05, 4.69) is 5.32 Å². The van der Waals surface area contributed by atoms with Crippen LogP contribution in [0.2, 0.25) is 0 Å². The van der Waals surface area contributed by atoms with Gasteiger partial charge in [0.15, 0.2) is 0 Å². The first kappa shape index (κ1) is 31.7. The Kier molecular flexibility index (Phi) is 10.6. The Labute approximate surface area is 239 Å². The third-order valence-corrected chi connectivity index (χ3v) is 7.54. The molecule has 3 aromatic rings. The molecular formula is C30H34F3N3O4S. The smallest absolute Gasteiger partial charge is 0.354 e. The summed E-state index contributed by atoms with van der Waals surface area (Å²) in [6, 6.07) is 19.2. The molecule has 0 aliphatic heterocycles. The summed E-state index contributed by atoms with van der Waals surface area (Å²) in [5, 5.41) is 2.83. The van der Waals surface area contributed by atoms with Crippen LogP contribution in [0.3, 0.4) is 0 Å². The Morgan fingerprint density at radius 1 is 0.927 bits per heavy atom. The Hall–Kier alpha value is -3.86. The highest BCUT2D eigenvalue weighted by Crippen LogP contribution is 2.32. The van der Waals surface area contributed by atoms with Crippen LogP contribution in [0.5, 0.6) is 0 Å². The first-order valence-electron chi connectivity index (χ1n) is 13.1. The van der Waals surface area contributed by atoms with Crippen molar-refractivity contribution in [2.75, 3.05) is 23.7 Å². The third-order valence-electron chi connectivity index (χ3n) is 6.40. The minimum Gasteiger partial charge on any atom is -0.354 e. The lowest BCUT2D eigenvalue weighted by Crippen LogP contribution is -2.53.